The van der Waals surface area contributed by atoms with Gasteiger partial charge in [-0.2, -0.15) is 0 Å². The van der Waals surface area contributed by atoms with Gasteiger partial charge in [-0.3, -0.25) is 0 Å². The van der Waals surface area contributed by atoms with E-state index in [2.05, 4.69) is 15.9 Å². The van der Waals surface area contributed by atoms with Gasteiger partial charge in [0.2, 0.25) is 0 Å². The Morgan fingerprint density at radius 2 is 2.19 bits per heavy atom. The minimum atomic E-state index is -0.276. The average molecular weight is 288 g/mol. The number of ether oxygens (including phenoxy) is 1. The molecule has 1 saturated carbocycles. The zero-order chi connectivity index (χ0) is 11.8. The van der Waals surface area contributed by atoms with E-state index in [-0.39, 0.29) is 17.0 Å². The SMILES string of the molecule is COc1ccc(Br)c(C2(CN)CCC2)c1F. The summed E-state index contributed by atoms with van der Waals surface area (Å²) in [5, 5.41) is 0. The lowest BCUT2D eigenvalue weighted by Crippen LogP contribution is -2.42. The maximum atomic E-state index is 14.2. The minimum absolute atomic E-state index is 0.197. The van der Waals surface area contributed by atoms with Crippen molar-refractivity contribution in [2.75, 3.05) is 13.7 Å². The lowest BCUT2D eigenvalue weighted by molar-refractivity contribution is 0.240. The Morgan fingerprint density at radius 3 is 2.62 bits per heavy atom. The fourth-order valence-electron chi connectivity index (χ4n) is 2.34. The van der Waals surface area contributed by atoms with E-state index >= 15 is 0 Å². The first-order valence-corrected chi connectivity index (χ1v) is 6.16. The summed E-state index contributed by atoms with van der Waals surface area (Å²) < 4.78 is 20.0. The number of benzene rings is 1. The molecule has 16 heavy (non-hydrogen) atoms. The Kier molecular flexibility index (Phi) is 3.22. The van der Waals surface area contributed by atoms with Gasteiger partial charge in [0.15, 0.2) is 11.6 Å². The summed E-state index contributed by atoms with van der Waals surface area (Å²) in [5.41, 5.74) is 6.29. The van der Waals surface area contributed by atoms with Crippen LogP contribution in [0.3, 0.4) is 0 Å². The van der Waals surface area contributed by atoms with Gasteiger partial charge >= 0.3 is 0 Å². The zero-order valence-corrected chi connectivity index (χ0v) is 10.8. The van der Waals surface area contributed by atoms with Crippen molar-refractivity contribution in [3.8, 4) is 5.75 Å². The summed E-state index contributed by atoms with van der Waals surface area (Å²) in [6, 6.07) is 3.46. The van der Waals surface area contributed by atoms with Crippen LogP contribution in [-0.4, -0.2) is 13.7 Å². The number of hydrogen-bond donors (Lipinski definition) is 1. The Labute approximate surface area is 103 Å². The summed E-state index contributed by atoms with van der Waals surface area (Å²) in [6.07, 6.45) is 3.01. The Bertz CT molecular complexity index is 399. The molecular formula is C12H15BrFNO. The van der Waals surface area contributed by atoms with E-state index in [9.17, 15) is 4.39 Å². The normalized spacial score (nSPS) is 18.0. The molecule has 1 aromatic rings. The molecule has 1 aliphatic rings. The van der Waals surface area contributed by atoms with Crippen molar-refractivity contribution in [2.45, 2.75) is 24.7 Å². The molecule has 0 spiro atoms. The molecule has 0 unspecified atom stereocenters. The highest BCUT2D eigenvalue weighted by molar-refractivity contribution is 9.10. The van der Waals surface area contributed by atoms with Gasteiger partial charge in [0.05, 0.1) is 7.11 Å². The van der Waals surface area contributed by atoms with E-state index < -0.39 is 0 Å². The van der Waals surface area contributed by atoms with Gasteiger partial charge in [0.25, 0.3) is 0 Å². The summed E-state index contributed by atoms with van der Waals surface area (Å²) in [4.78, 5) is 0. The highest BCUT2D eigenvalue weighted by atomic mass is 79.9. The van der Waals surface area contributed by atoms with E-state index in [1.54, 1.807) is 6.07 Å². The van der Waals surface area contributed by atoms with E-state index in [4.69, 9.17) is 10.5 Å². The van der Waals surface area contributed by atoms with Crippen molar-refractivity contribution in [3.05, 3.63) is 28.0 Å². The maximum absolute atomic E-state index is 14.2. The van der Waals surface area contributed by atoms with Crippen LogP contribution in [0, 0.1) is 5.82 Å². The van der Waals surface area contributed by atoms with E-state index in [1.807, 2.05) is 6.07 Å². The maximum Gasteiger partial charge on any atom is 0.169 e. The Morgan fingerprint density at radius 1 is 1.50 bits per heavy atom. The first-order valence-electron chi connectivity index (χ1n) is 5.37. The second kappa shape index (κ2) is 4.34. The molecule has 2 nitrogen and oxygen atoms in total. The van der Waals surface area contributed by atoms with Gasteiger partial charge in [-0.05, 0) is 25.0 Å². The van der Waals surface area contributed by atoms with Crippen molar-refractivity contribution in [2.24, 2.45) is 5.73 Å². The van der Waals surface area contributed by atoms with Crippen LogP contribution in [0.5, 0.6) is 5.75 Å². The summed E-state index contributed by atoms with van der Waals surface area (Å²) in [7, 11) is 1.48. The molecule has 0 radical (unpaired) electrons. The standard InChI is InChI=1S/C12H15BrFNO/c1-16-9-4-3-8(13)10(11(9)14)12(7-15)5-2-6-12/h3-4H,2,5-7,15H2,1H3. The fourth-order valence-corrected chi connectivity index (χ4v) is 3.06. The van der Waals surface area contributed by atoms with Crippen LogP contribution in [0.2, 0.25) is 0 Å². The predicted octanol–water partition coefficient (Wildman–Crippen LogP) is 2.98. The highest BCUT2D eigenvalue weighted by Crippen LogP contribution is 2.47. The van der Waals surface area contributed by atoms with Crippen molar-refractivity contribution < 1.29 is 9.13 Å². The molecular weight excluding hydrogens is 273 g/mol. The molecule has 2 N–H and O–H groups in total. The first kappa shape index (κ1) is 11.9. The van der Waals surface area contributed by atoms with Crippen LogP contribution in [0.25, 0.3) is 0 Å². The molecule has 1 aliphatic carbocycles. The molecule has 4 heteroatoms. The van der Waals surface area contributed by atoms with Gasteiger partial charge in [-0.15, -0.1) is 0 Å². The molecule has 0 aliphatic heterocycles. The smallest absolute Gasteiger partial charge is 0.169 e. The Balaban J connectivity index is 2.54. The van der Waals surface area contributed by atoms with Crippen molar-refractivity contribution in [1.29, 1.82) is 0 Å². The topological polar surface area (TPSA) is 35.2 Å². The largest absolute Gasteiger partial charge is 0.494 e. The lowest BCUT2D eigenvalue weighted by atomic mass is 9.64. The monoisotopic (exact) mass is 287 g/mol. The minimum Gasteiger partial charge on any atom is -0.494 e. The van der Waals surface area contributed by atoms with Crippen molar-refractivity contribution in [3.63, 3.8) is 0 Å². The van der Waals surface area contributed by atoms with Crippen LogP contribution in [0.4, 0.5) is 4.39 Å². The van der Waals surface area contributed by atoms with Crippen LogP contribution in [-0.2, 0) is 5.41 Å². The Hall–Kier alpha value is -0.610. The van der Waals surface area contributed by atoms with E-state index in [0.29, 0.717) is 12.1 Å². The molecule has 1 fully saturated rings. The third-order valence-electron chi connectivity index (χ3n) is 3.51. The molecule has 2 rings (SSSR count). The van der Waals surface area contributed by atoms with E-state index in [1.165, 1.54) is 7.11 Å². The second-order valence-electron chi connectivity index (χ2n) is 4.28. The molecule has 1 aromatic carbocycles. The predicted molar refractivity (Wildman–Crippen MR) is 65.2 cm³/mol. The van der Waals surface area contributed by atoms with Crippen LogP contribution >= 0.6 is 15.9 Å². The molecule has 88 valence electrons. The zero-order valence-electron chi connectivity index (χ0n) is 9.22. The van der Waals surface area contributed by atoms with Crippen molar-refractivity contribution in [1.82, 2.24) is 0 Å². The molecule has 0 atom stereocenters. The first-order chi connectivity index (χ1) is 7.64. The van der Waals surface area contributed by atoms with Gasteiger partial charge in [0.1, 0.15) is 0 Å². The number of nitrogens with two attached hydrogens (primary N) is 1. The van der Waals surface area contributed by atoms with Crippen LogP contribution in [0.1, 0.15) is 24.8 Å². The molecule has 0 bridgehead atoms. The quantitative estimate of drug-likeness (QED) is 0.928. The summed E-state index contributed by atoms with van der Waals surface area (Å²) in [5.74, 6) is 0.0138. The molecule has 0 saturated heterocycles. The molecule has 0 heterocycles. The second-order valence-corrected chi connectivity index (χ2v) is 5.13. The number of halogens is 2. The average Bonchev–Trinajstić information content (AvgIpc) is 2.22. The van der Waals surface area contributed by atoms with Gasteiger partial charge in [-0.25, -0.2) is 4.39 Å². The van der Waals surface area contributed by atoms with Gasteiger partial charge < -0.3 is 10.5 Å². The highest BCUT2D eigenvalue weighted by Gasteiger charge is 2.41. The summed E-state index contributed by atoms with van der Waals surface area (Å²) >= 11 is 3.41. The number of methoxy groups -OCH3 is 1. The molecule has 0 amide bonds. The molecule has 0 aromatic heterocycles. The fraction of sp³-hybridized carbons (Fsp3) is 0.500. The third-order valence-corrected chi connectivity index (χ3v) is 4.17. The van der Waals surface area contributed by atoms with Gasteiger partial charge in [0, 0.05) is 22.0 Å². The van der Waals surface area contributed by atoms with Gasteiger partial charge in [-0.1, -0.05) is 22.4 Å². The lowest BCUT2D eigenvalue weighted by Gasteiger charge is -2.42. The summed E-state index contributed by atoms with van der Waals surface area (Å²) in [6.45, 7) is 0.482. The third kappa shape index (κ3) is 1.64. The number of hydrogen-bond acceptors (Lipinski definition) is 2. The van der Waals surface area contributed by atoms with Crippen LogP contribution < -0.4 is 10.5 Å². The van der Waals surface area contributed by atoms with Crippen LogP contribution in [0.15, 0.2) is 16.6 Å². The van der Waals surface area contributed by atoms with E-state index in [0.717, 1.165) is 23.7 Å². The van der Waals surface area contributed by atoms with Crippen molar-refractivity contribution >= 4 is 15.9 Å². The number of rotatable bonds is 3.